The average Bonchev–Trinajstić information content (AvgIpc) is 3.22. The van der Waals surface area contributed by atoms with Crippen molar-refractivity contribution in [3.8, 4) is 5.75 Å². The van der Waals surface area contributed by atoms with E-state index in [4.69, 9.17) is 9.47 Å². The molecule has 1 aliphatic heterocycles. The maximum absolute atomic E-state index is 11.7. The van der Waals surface area contributed by atoms with Crippen molar-refractivity contribution >= 4 is 35.8 Å². The van der Waals surface area contributed by atoms with Gasteiger partial charge in [0.25, 0.3) is 0 Å². The zero-order valence-electron chi connectivity index (χ0n) is 17.8. The monoisotopic (exact) mass is 518 g/mol. The minimum absolute atomic E-state index is 0. The van der Waals surface area contributed by atoms with Crippen LogP contribution in [0.5, 0.6) is 5.75 Å². The zero-order chi connectivity index (χ0) is 20.2. The maximum Gasteiger partial charge on any atom is 0.221 e. The normalized spacial score (nSPS) is 16.1. The number of nitrogens with zero attached hydrogens (tertiary/aromatic N) is 1. The number of benzene rings is 1. The SMILES string of the molecule is CCCNC(=O)CCNC(=NC)NCc1ccc(C)cc1OCC1CCOC1.I. The van der Waals surface area contributed by atoms with Crippen molar-refractivity contribution in [2.45, 2.75) is 39.7 Å². The molecule has 0 radical (unpaired) electrons. The molecule has 1 aromatic rings. The molecule has 0 spiro atoms. The van der Waals surface area contributed by atoms with Crippen molar-refractivity contribution in [2.24, 2.45) is 10.9 Å². The number of carbonyl (C=O) groups excluding carboxylic acids is 1. The number of ether oxygens (including phenoxy) is 2. The van der Waals surface area contributed by atoms with Crippen molar-refractivity contribution < 1.29 is 14.3 Å². The van der Waals surface area contributed by atoms with E-state index in [0.717, 1.165) is 43.9 Å². The van der Waals surface area contributed by atoms with Crippen LogP contribution in [0.2, 0.25) is 0 Å². The van der Waals surface area contributed by atoms with Gasteiger partial charge in [0, 0.05) is 51.2 Å². The zero-order valence-corrected chi connectivity index (χ0v) is 20.1. The van der Waals surface area contributed by atoms with Gasteiger partial charge in [0.05, 0.1) is 13.2 Å². The molecule has 1 fully saturated rings. The first-order chi connectivity index (χ1) is 13.6. The lowest BCUT2D eigenvalue weighted by molar-refractivity contribution is -0.120. The van der Waals surface area contributed by atoms with Crippen molar-refractivity contribution in [1.29, 1.82) is 0 Å². The van der Waals surface area contributed by atoms with Crippen molar-refractivity contribution in [1.82, 2.24) is 16.0 Å². The Bertz CT molecular complexity index is 649. The van der Waals surface area contributed by atoms with Gasteiger partial charge in [-0.2, -0.15) is 0 Å². The fourth-order valence-electron chi connectivity index (χ4n) is 2.91. The van der Waals surface area contributed by atoms with Crippen LogP contribution in [-0.4, -0.2) is 51.8 Å². The van der Waals surface area contributed by atoms with Gasteiger partial charge in [-0.15, -0.1) is 24.0 Å². The second-order valence-electron chi connectivity index (χ2n) is 7.10. The first-order valence-corrected chi connectivity index (χ1v) is 10.1. The summed E-state index contributed by atoms with van der Waals surface area (Å²) in [7, 11) is 1.72. The van der Waals surface area contributed by atoms with Crippen molar-refractivity contribution in [3.05, 3.63) is 29.3 Å². The number of hydrogen-bond donors (Lipinski definition) is 3. The van der Waals surface area contributed by atoms with Crippen LogP contribution in [0.4, 0.5) is 0 Å². The molecule has 1 saturated heterocycles. The fraction of sp³-hybridized carbons (Fsp3) is 0.619. The van der Waals surface area contributed by atoms with E-state index in [-0.39, 0.29) is 29.9 Å². The van der Waals surface area contributed by atoms with Gasteiger partial charge in [-0.25, -0.2) is 0 Å². The quantitative estimate of drug-likeness (QED) is 0.252. The largest absolute Gasteiger partial charge is 0.493 e. The Morgan fingerprint density at radius 1 is 1.28 bits per heavy atom. The highest BCUT2D eigenvalue weighted by molar-refractivity contribution is 14.0. The van der Waals surface area contributed by atoms with Gasteiger partial charge < -0.3 is 25.4 Å². The summed E-state index contributed by atoms with van der Waals surface area (Å²) in [5.41, 5.74) is 2.25. The Morgan fingerprint density at radius 3 is 2.79 bits per heavy atom. The van der Waals surface area contributed by atoms with Gasteiger partial charge >= 0.3 is 0 Å². The molecule has 1 unspecified atom stereocenters. The fourth-order valence-corrected chi connectivity index (χ4v) is 2.91. The van der Waals surface area contributed by atoms with E-state index in [2.05, 4.69) is 46.1 Å². The molecule has 164 valence electrons. The second-order valence-corrected chi connectivity index (χ2v) is 7.10. The summed E-state index contributed by atoms with van der Waals surface area (Å²) < 4.78 is 11.5. The van der Waals surface area contributed by atoms with Crippen LogP contribution < -0.4 is 20.7 Å². The molecule has 1 aromatic carbocycles. The lowest BCUT2D eigenvalue weighted by Gasteiger charge is -2.17. The number of amides is 1. The molecule has 7 nitrogen and oxygen atoms in total. The average molecular weight is 518 g/mol. The Hall–Kier alpha value is -1.55. The highest BCUT2D eigenvalue weighted by Gasteiger charge is 2.17. The van der Waals surface area contributed by atoms with Crippen LogP contribution >= 0.6 is 24.0 Å². The summed E-state index contributed by atoms with van der Waals surface area (Å²) in [6, 6.07) is 6.23. The number of halogens is 1. The first-order valence-electron chi connectivity index (χ1n) is 10.1. The summed E-state index contributed by atoms with van der Waals surface area (Å²) in [5, 5.41) is 9.34. The van der Waals surface area contributed by atoms with Gasteiger partial charge in [-0.05, 0) is 31.4 Å². The van der Waals surface area contributed by atoms with Crippen LogP contribution in [0, 0.1) is 12.8 Å². The highest BCUT2D eigenvalue weighted by Crippen LogP contribution is 2.22. The van der Waals surface area contributed by atoms with E-state index in [1.807, 2.05) is 6.92 Å². The molecule has 1 heterocycles. The van der Waals surface area contributed by atoms with Crippen molar-refractivity contribution in [2.75, 3.05) is 40.0 Å². The molecule has 0 saturated carbocycles. The standard InChI is InChI=1S/C21H34N4O3.HI/c1-4-9-23-20(26)7-10-24-21(22-3)25-13-18-6-5-16(2)12-19(18)28-15-17-8-11-27-14-17;/h5-6,12,17H,4,7-11,13-15H2,1-3H3,(H,23,26)(H2,22,24,25);1H. The number of carbonyl (C=O) groups is 1. The molecule has 0 aliphatic carbocycles. The van der Waals surface area contributed by atoms with Crippen molar-refractivity contribution in [3.63, 3.8) is 0 Å². The summed E-state index contributed by atoms with van der Waals surface area (Å²) in [6.07, 6.45) is 2.42. The lowest BCUT2D eigenvalue weighted by Crippen LogP contribution is -2.39. The number of aryl methyl sites for hydroxylation is 1. The molecule has 0 bridgehead atoms. The third-order valence-corrected chi connectivity index (χ3v) is 4.61. The van der Waals surface area contributed by atoms with Gasteiger partial charge in [0.2, 0.25) is 5.91 Å². The predicted octanol–water partition coefficient (Wildman–Crippen LogP) is 2.61. The van der Waals surface area contributed by atoms with Gasteiger partial charge in [0.15, 0.2) is 5.96 Å². The molecule has 2 rings (SSSR count). The third-order valence-electron chi connectivity index (χ3n) is 4.61. The number of nitrogens with one attached hydrogen (secondary N) is 3. The molecular weight excluding hydrogens is 483 g/mol. The predicted molar refractivity (Wildman–Crippen MR) is 127 cm³/mol. The molecule has 1 aliphatic rings. The summed E-state index contributed by atoms with van der Waals surface area (Å²) in [5.74, 6) is 2.08. The molecule has 1 atom stereocenters. The third kappa shape index (κ3) is 9.66. The van der Waals surface area contributed by atoms with Crippen LogP contribution in [0.25, 0.3) is 0 Å². The summed E-state index contributed by atoms with van der Waals surface area (Å²) >= 11 is 0. The minimum Gasteiger partial charge on any atom is -0.493 e. The topological polar surface area (TPSA) is 84.0 Å². The summed E-state index contributed by atoms with van der Waals surface area (Å²) in [4.78, 5) is 15.9. The summed E-state index contributed by atoms with van der Waals surface area (Å²) in [6.45, 7) is 8.23. The Kier molecular flexibility index (Phi) is 12.7. The van der Waals surface area contributed by atoms with Crippen LogP contribution in [-0.2, 0) is 16.1 Å². The molecule has 1 amide bonds. The van der Waals surface area contributed by atoms with E-state index in [0.29, 0.717) is 38.0 Å². The Morgan fingerprint density at radius 2 is 2.10 bits per heavy atom. The smallest absolute Gasteiger partial charge is 0.221 e. The Balaban J connectivity index is 0.00000420. The number of guanidine groups is 1. The van der Waals surface area contributed by atoms with E-state index in [9.17, 15) is 4.79 Å². The second kappa shape index (κ2) is 14.4. The number of aliphatic imine (C=N–C) groups is 1. The minimum atomic E-state index is 0. The molecule has 0 aromatic heterocycles. The number of rotatable bonds is 10. The Labute approximate surface area is 191 Å². The van der Waals surface area contributed by atoms with Crippen LogP contribution in [0.3, 0.4) is 0 Å². The molecular formula is C21H35IN4O3. The van der Waals surface area contributed by atoms with E-state index >= 15 is 0 Å². The van der Waals surface area contributed by atoms with Crippen LogP contribution in [0.15, 0.2) is 23.2 Å². The van der Waals surface area contributed by atoms with Gasteiger partial charge in [-0.3, -0.25) is 9.79 Å². The van der Waals surface area contributed by atoms with Crippen LogP contribution in [0.1, 0.15) is 37.3 Å². The van der Waals surface area contributed by atoms with E-state index < -0.39 is 0 Å². The lowest BCUT2D eigenvalue weighted by atomic mass is 10.1. The van der Waals surface area contributed by atoms with Gasteiger partial charge in [0.1, 0.15) is 5.75 Å². The molecule has 29 heavy (non-hydrogen) atoms. The molecule has 8 heteroatoms. The van der Waals surface area contributed by atoms with E-state index in [1.165, 1.54) is 5.56 Å². The van der Waals surface area contributed by atoms with Gasteiger partial charge in [-0.1, -0.05) is 19.1 Å². The van der Waals surface area contributed by atoms with E-state index in [1.54, 1.807) is 7.05 Å². The molecule has 3 N–H and O–H groups in total. The highest BCUT2D eigenvalue weighted by atomic mass is 127. The number of hydrogen-bond acceptors (Lipinski definition) is 4. The first kappa shape index (κ1) is 25.5. The maximum atomic E-state index is 11.7.